The summed E-state index contributed by atoms with van der Waals surface area (Å²) in [5, 5.41) is 3.17. The van der Waals surface area contributed by atoms with E-state index in [2.05, 4.69) is 5.32 Å². The number of ether oxygens (including phenoxy) is 1. The lowest BCUT2D eigenvalue weighted by atomic mass is 10.2. The number of aryl methyl sites for hydroxylation is 1. The third kappa shape index (κ3) is 3.54. The first kappa shape index (κ1) is 14.7. The number of nitrogens with one attached hydrogen (secondary N) is 1. The summed E-state index contributed by atoms with van der Waals surface area (Å²) in [6.45, 7) is 2.70. The van der Waals surface area contributed by atoms with Gasteiger partial charge in [0.25, 0.3) is 5.56 Å². The van der Waals surface area contributed by atoms with E-state index in [0.717, 1.165) is 23.2 Å². The van der Waals surface area contributed by atoms with E-state index >= 15 is 0 Å². The van der Waals surface area contributed by atoms with Gasteiger partial charge in [0.1, 0.15) is 6.23 Å². The van der Waals surface area contributed by atoms with Crippen LogP contribution in [-0.4, -0.2) is 29.0 Å². The molecule has 0 spiro atoms. The summed E-state index contributed by atoms with van der Waals surface area (Å²) in [4.78, 5) is 23.2. The average molecular weight is 255 g/mol. The molecule has 0 fully saturated rings. The van der Waals surface area contributed by atoms with Crippen LogP contribution in [0.3, 0.4) is 0 Å². The summed E-state index contributed by atoms with van der Waals surface area (Å²) in [7, 11) is 4.81. The topological polar surface area (TPSA) is 65.3 Å². The standard InChI is InChI=1S/C12H21N3O3/c1-9(18-4)13-7-5-6-10-8-11(16)15(3)12(17)14(10)2/h8-9,13H,5-7H2,1-4H3. The minimum atomic E-state index is -0.282. The van der Waals surface area contributed by atoms with Gasteiger partial charge in [-0.2, -0.15) is 0 Å². The van der Waals surface area contributed by atoms with E-state index in [0.29, 0.717) is 6.42 Å². The molecule has 0 saturated heterocycles. The lowest BCUT2D eigenvalue weighted by molar-refractivity contribution is 0.0894. The van der Waals surface area contributed by atoms with E-state index < -0.39 is 0 Å². The maximum Gasteiger partial charge on any atom is 0.330 e. The second-order valence-electron chi connectivity index (χ2n) is 4.31. The number of rotatable bonds is 6. The highest BCUT2D eigenvalue weighted by Crippen LogP contribution is 1.96. The lowest BCUT2D eigenvalue weighted by Gasteiger charge is -2.12. The Kier molecular flexibility index (Phi) is 5.30. The van der Waals surface area contributed by atoms with Crippen LogP contribution in [0.5, 0.6) is 0 Å². The fraction of sp³-hybridized carbons (Fsp3) is 0.667. The molecule has 18 heavy (non-hydrogen) atoms. The van der Waals surface area contributed by atoms with Gasteiger partial charge in [-0.15, -0.1) is 0 Å². The average Bonchev–Trinajstić information content (AvgIpc) is 2.37. The maximum absolute atomic E-state index is 11.7. The Balaban J connectivity index is 2.64. The van der Waals surface area contributed by atoms with E-state index in [-0.39, 0.29) is 17.5 Å². The van der Waals surface area contributed by atoms with Crippen molar-refractivity contribution < 1.29 is 4.74 Å². The number of methoxy groups -OCH3 is 1. The van der Waals surface area contributed by atoms with Gasteiger partial charge in [0.05, 0.1) is 0 Å². The SMILES string of the molecule is COC(C)NCCCc1cc(=O)n(C)c(=O)n1C. The molecule has 0 amide bonds. The zero-order chi connectivity index (χ0) is 13.7. The Bertz CT molecular complexity index is 504. The van der Waals surface area contributed by atoms with Crippen LogP contribution >= 0.6 is 0 Å². The van der Waals surface area contributed by atoms with Crippen molar-refractivity contribution in [3.8, 4) is 0 Å². The fourth-order valence-electron chi connectivity index (χ4n) is 1.68. The van der Waals surface area contributed by atoms with Gasteiger partial charge in [-0.1, -0.05) is 0 Å². The molecule has 0 bridgehead atoms. The zero-order valence-electron chi connectivity index (χ0n) is 11.4. The third-order valence-electron chi connectivity index (χ3n) is 3.02. The van der Waals surface area contributed by atoms with Crippen LogP contribution in [0.15, 0.2) is 15.7 Å². The summed E-state index contributed by atoms with van der Waals surface area (Å²) < 4.78 is 7.68. The van der Waals surface area contributed by atoms with E-state index in [1.54, 1.807) is 14.2 Å². The fourth-order valence-corrected chi connectivity index (χ4v) is 1.68. The molecule has 0 radical (unpaired) electrons. The highest BCUT2D eigenvalue weighted by atomic mass is 16.5. The molecule has 0 aliphatic carbocycles. The predicted molar refractivity (Wildman–Crippen MR) is 69.7 cm³/mol. The molecule has 1 aromatic heterocycles. The number of aromatic nitrogens is 2. The predicted octanol–water partition coefficient (Wildman–Crippen LogP) is -0.401. The summed E-state index contributed by atoms with van der Waals surface area (Å²) >= 11 is 0. The molecular formula is C12H21N3O3. The van der Waals surface area contributed by atoms with Crippen molar-refractivity contribution in [3.63, 3.8) is 0 Å². The zero-order valence-corrected chi connectivity index (χ0v) is 11.4. The number of hydrogen-bond donors (Lipinski definition) is 1. The molecule has 102 valence electrons. The second kappa shape index (κ2) is 6.51. The Hall–Kier alpha value is -1.40. The molecule has 1 unspecified atom stereocenters. The maximum atomic E-state index is 11.7. The van der Waals surface area contributed by atoms with Crippen molar-refractivity contribution in [1.29, 1.82) is 0 Å². The van der Waals surface area contributed by atoms with E-state index in [1.807, 2.05) is 6.92 Å². The third-order valence-corrected chi connectivity index (χ3v) is 3.02. The van der Waals surface area contributed by atoms with Crippen molar-refractivity contribution in [3.05, 3.63) is 32.6 Å². The minimum absolute atomic E-state index is 0.0115. The van der Waals surface area contributed by atoms with E-state index in [9.17, 15) is 9.59 Å². The summed E-state index contributed by atoms with van der Waals surface area (Å²) in [6.07, 6.45) is 1.54. The first-order chi connectivity index (χ1) is 8.47. The Labute approximate surface area is 106 Å². The first-order valence-corrected chi connectivity index (χ1v) is 5.99. The van der Waals surface area contributed by atoms with Crippen LogP contribution in [0.25, 0.3) is 0 Å². The Morgan fingerprint density at radius 2 is 2.00 bits per heavy atom. The van der Waals surface area contributed by atoms with Crippen molar-refractivity contribution in [2.24, 2.45) is 14.1 Å². The van der Waals surface area contributed by atoms with E-state index in [1.165, 1.54) is 17.7 Å². The summed E-state index contributed by atoms with van der Waals surface area (Å²) in [5.41, 5.74) is 0.219. The van der Waals surface area contributed by atoms with E-state index in [4.69, 9.17) is 4.74 Å². The highest BCUT2D eigenvalue weighted by Gasteiger charge is 2.05. The molecule has 1 N–H and O–H groups in total. The molecule has 1 heterocycles. The number of nitrogens with zero attached hydrogens (tertiary/aromatic N) is 2. The molecule has 0 aliphatic rings. The largest absolute Gasteiger partial charge is 0.367 e. The lowest BCUT2D eigenvalue weighted by Crippen LogP contribution is -2.38. The van der Waals surface area contributed by atoms with Crippen LogP contribution in [0.1, 0.15) is 19.0 Å². The molecule has 1 atom stereocenters. The molecule has 0 aliphatic heterocycles. The van der Waals surface area contributed by atoms with Gasteiger partial charge in [-0.25, -0.2) is 4.79 Å². The van der Waals surface area contributed by atoms with Crippen LogP contribution in [-0.2, 0) is 25.3 Å². The molecule has 1 aromatic rings. The van der Waals surface area contributed by atoms with Crippen LogP contribution in [0, 0.1) is 0 Å². The van der Waals surface area contributed by atoms with Crippen molar-refractivity contribution in [2.75, 3.05) is 13.7 Å². The molecule has 6 heteroatoms. The molecular weight excluding hydrogens is 234 g/mol. The van der Waals surface area contributed by atoms with Gasteiger partial charge in [0.2, 0.25) is 0 Å². The monoisotopic (exact) mass is 255 g/mol. The smallest absolute Gasteiger partial charge is 0.330 e. The van der Waals surface area contributed by atoms with Gasteiger partial charge >= 0.3 is 5.69 Å². The first-order valence-electron chi connectivity index (χ1n) is 5.99. The summed E-state index contributed by atoms with van der Waals surface area (Å²) in [6, 6.07) is 1.52. The number of hydrogen-bond acceptors (Lipinski definition) is 4. The minimum Gasteiger partial charge on any atom is -0.367 e. The van der Waals surface area contributed by atoms with Crippen LogP contribution in [0.2, 0.25) is 0 Å². The van der Waals surface area contributed by atoms with Gasteiger partial charge in [0.15, 0.2) is 0 Å². The molecule has 0 saturated carbocycles. The Morgan fingerprint density at radius 3 is 2.61 bits per heavy atom. The molecule has 0 aromatic carbocycles. The van der Waals surface area contributed by atoms with Crippen LogP contribution in [0.4, 0.5) is 0 Å². The van der Waals surface area contributed by atoms with Gasteiger partial charge in [-0.05, 0) is 26.3 Å². The Morgan fingerprint density at radius 1 is 1.33 bits per heavy atom. The summed E-state index contributed by atoms with van der Waals surface area (Å²) in [5.74, 6) is 0. The quantitative estimate of drug-likeness (QED) is 0.555. The van der Waals surface area contributed by atoms with Crippen molar-refractivity contribution in [2.45, 2.75) is 26.0 Å². The van der Waals surface area contributed by atoms with Gasteiger partial charge in [-0.3, -0.25) is 14.7 Å². The van der Waals surface area contributed by atoms with Gasteiger partial charge < -0.3 is 9.30 Å². The van der Waals surface area contributed by atoms with Crippen molar-refractivity contribution >= 4 is 0 Å². The normalized spacial score (nSPS) is 12.7. The highest BCUT2D eigenvalue weighted by molar-refractivity contribution is 5.02. The molecule has 6 nitrogen and oxygen atoms in total. The van der Waals surface area contributed by atoms with Crippen LogP contribution < -0.4 is 16.6 Å². The second-order valence-corrected chi connectivity index (χ2v) is 4.31. The van der Waals surface area contributed by atoms with Crippen molar-refractivity contribution in [1.82, 2.24) is 14.5 Å². The molecule has 1 rings (SSSR count). The van der Waals surface area contributed by atoms with Gasteiger partial charge in [0, 0.05) is 33.0 Å².